The summed E-state index contributed by atoms with van der Waals surface area (Å²) in [5.74, 6) is 0.120. The third-order valence-corrected chi connectivity index (χ3v) is 2.21. The fourth-order valence-electron chi connectivity index (χ4n) is 0.788. The Labute approximate surface area is 81.3 Å². The molecule has 78 valence electrons. The summed E-state index contributed by atoms with van der Waals surface area (Å²) in [6, 6.07) is 0. The molecule has 0 aromatic rings. The van der Waals surface area contributed by atoms with Crippen molar-refractivity contribution in [1.29, 1.82) is 0 Å². The highest BCUT2D eigenvalue weighted by Crippen LogP contribution is 2.25. The first kappa shape index (κ1) is 12.6. The van der Waals surface area contributed by atoms with Gasteiger partial charge < -0.3 is 5.11 Å². The normalized spacial score (nSPS) is 15.6. The minimum atomic E-state index is -0.542. The van der Waals surface area contributed by atoms with Crippen molar-refractivity contribution in [1.82, 2.24) is 0 Å². The molecule has 0 spiro atoms. The minimum Gasteiger partial charge on any atom is -0.392 e. The third-order valence-electron chi connectivity index (χ3n) is 2.21. The van der Waals surface area contributed by atoms with Crippen molar-refractivity contribution >= 4 is 5.78 Å². The Kier molecular flexibility index (Phi) is 3.68. The Morgan fingerprint density at radius 1 is 1.15 bits per heavy atom. The third kappa shape index (κ3) is 4.41. The monoisotopic (exact) mass is 186 g/mol. The van der Waals surface area contributed by atoms with Crippen LogP contribution in [0.15, 0.2) is 0 Å². The fourth-order valence-corrected chi connectivity index (χ4v) is 0.788. The zero-order valence-electron chi connectivity index (χ0n) is 9.64. The van der Waals surface area contributed by atoms with Gasteiger partial charge in [-0.2, -0.15) is 0 Å². The first-order chi connectivity index (χ1) is 5.55. The molecule has 0 aliphatic heterocycles. The maximum Gasteiger partial charge on any atom is 0.140 e. The van der Waals surface area contributed by atoms with Gasteiger partial charge in [0.1, 0.15) is 5.78 Å². The van der Waals surface area contributed by atoms with Crippen LogP contribution in [0.1, 0.15) is 48.0 Å². The summed E-state index contributed by atoms with van der Waals surface area (Å²) >= 11 is 0. The van der Waals surface area contributed by atoms with Crippen LogP contribution in [-0.2, 0) is 4.79 Å². The van der Waals surface area contributed by atoms with Crippen molar-refractivity contribution in [2.45, 2.75) is 54.1 Å². The van der Waals surface area contributed by atoms with Gasteiger partial charge in [-0.25, -0.2) is 0 Å². The van der Waals surface area contributed by atoms with E-state index in [9.17, 15) is 9.90 Å². The molecule has 0 saturated carbocycles. The van der Waals surface area contributed by atoms with E-state index in [0.29, 0.717) is 0 Å². The molecule has 0 bridgehead atoms. The van der Waals surface area contributed by atoms with Crippen LogP contribution in [0.2, 0.25) is 0 Å². The van der Waals surface area contributed by atoms with Crippen molar-refractivity contribution in [2.75, 3.05) is 0 Å². The summed E-state index contributed by atoms with van der Waals surface area (Å²) in [7, 11) is 0. The van der Waals surface area contributed by atoms with Crippen molar-refractivity contribution in [3.05, 3.63) is 0 Å². The lowest BCUT2D eigenvalue weighted by atomic mass is 9.81. The fraction of sp³-hybridized carbons (Fsp3) is 0.909. The predicted molar refractivity (Wildman–Crippen MR) is 54.5 cm³/mol. The first-order valence-corrected chi connectivity index (χ1v) is 4.76. The van der Waals surface area contributed by atoms with Crippen LogP contribution in [0.5, 0.6) is 0 Å². The van der Waals surface area contributed by atoms with Crippen molar-refractivity contribution in [2.24, 2.45) is 10.8 Å². The SMILES string of the molecule is CC(C)(C)C(=O)CC(O)C(C)(C)C. The average Bonchev–Trinajstić information content (AvgIpc) is 1.82. The Hall–Kier alpha value is -0.370. The number of aliphatic hydroxyl groups excluding tert-OH is 1. The molecule has 0 amide bonds. The summed E-state index contributed by atoms with van der Waals surface area (Å²) in [5.41, 5.74) is -0.548. The van der Waals surface area contributed by atoms with Crippen LogP contribution >= 0.6 is 0 Å². The lowest BCUT2D eigenvalue weighted by molar-refractivity contribution is -0.129. The molecule has 0 saturated heterocycles. The van der Waals surface area contributed by atoms with Gasteiger partial charge in [0, 0.05) is 11.8 Å². The number of carbonyl (C=O) groups excluding carboxylic acids is 1. The Balaban J connectivity index is 4.24. The smallest absolute Gasteiger partial charge is 0.140 e. The molecule has 0 aliphatic rings. The standard InChI is InChI=1S/C11H22O2/c1-10(2,3)8(12)7-9(13)11(4,5)6/h8,12H,7H2,1-6H3. The maximum atomic E-state index is 11.6. The van der Waals surface area contributed by atoms with Gasteiger partial charge in [0.15, 0.2) is 0 Å². The average molecular weight is 186 g/mol. The topological polar surface area (TPSA) is 37.3 Å². The van der Waals surface area contributed by atoms with E-state index in [0.717, 1.165) is 0 Å². The van der Waals surface area contributed by atoms with Gasteiger partial charge in [0.05, 0.1) is 6.10 Å². The van der Waals surface area contributed by atoms with E-state index in [-0.39, 0.29) is 23.0 Å². The van der Waals surface area contributed by atoms with E-state index in [2.05, 4.69) is 0 Å². The lowest BCUT2D eigenvalue weighted by Crippen LogP contribution is -2.32. The zero-order valence-corrected chi connectivity index (χ0v) is 9.64. The number of hydrogen-bond acceptors (Lipinski definition) is 2. The molecular formula is C11H22O2. The molecule has 0 aromatic heterocycles. The van der Waals surface area contributed by atoms with Crippen LogP contribution in [0.25, 0.3) is 0 Å². The Bertz CT molecular complexity index is 181. The highest BCUT2D eigenvalue weighted by atomic mass is 16.3. The second kappa shape index (κ2) is 3.79. The summed E-state index contributed by atoms with van der Waals surface area (Å²) in [4.78, 5) is 11.6. The molecule has 2 heteroatoms. The second-order valence-corrected chi connectivity index (χ2v) is 5.76. The van der Waals surface area contributed by atoms with Crippen molar-refractivity contribution < 1.29 is 9.90 Å². The van der Waals surface area contributed by atoms with Gasteiger partial charge in [0.25, 0.3) is 0 Å². The molecular weight excluding hydrogens is 164 g/mol. The van der Waals surface area contributed by atoms with E-state index in [4.69, 9.17) is 0 Å². The van der Waals surface area contributed by atoms with Crippen LogP contribution in [0.4, 0.5) is 0 Å². The molecule has 2 nitrogen and oxygen atoms in total. The molecule has 1 atom stereocenters. The number of aliphatic hydroxyl groups is 1. The van der Waals surface area contributed by atoms with Gasteiger partial charge in [-0.05, 0) is 5.41 Å². The molecule has 0 fully saturated rings. The van der Waals surface area contributed by atoms with E-state index >= 15 is 0 Å². The van der Waals surface area contributed by atoms with Gasteiger partial charge in [-0.3, -0.25) is 4.79 Å². The van der Waals surface area contributed by atoms with Gasteiger partial charge >= 0.3 is 0 Å². The number of carbonyl (C=O) groups is 1. The summed E-state index contributed by atoms with van der Waals surface area (Å²) in [5, 5.41) is 9.70. The second-order valence-electron chi connectivity index (χ2n) is 5.76. The van der Waals surface area contributed by atoms with Crippen LogP contribution < -0.4 is 0 Å². The molecule has 13 heavy (non-hydrogen) atoms. The predicted octanol–water partition coefficient (Wildman–Crippen LogP) is 2.40. The number of hydrogen-bond donors (Lipinski definition) is 1. The van der Waals surface area contributed by atoms with E-state index in [1.54, 1.807) is 0 Å². The number of Topliss-reactive ketones (excluding diaryl/α,β-unsaturated/α-hetero) is 1. The molecule has 1 N–H and O–H groups in total. The highest BCUT2D eigenvalue weighted by Gasteiger charge is 2.29. The lowest BCUT2D eigenvalue weighted by Gasteiger charge is -2.27. The van der Waals surface area contributed by atoms with E-state index in [1.807, 2.05) is 41.5 Å². The zero-order chi connectivity index (χ0) is 10.9. The number of ketones is 1. The van der Waals surface area contributed by atoms with E-state index < -0.39 is 6.10 Å². The minimum absolute atomic E-state index is 0.120. The Morgan fingerprint density at radius 2 is 1.54 bits per heavy atom. The summed E-state index contributed by atoms with van der Waals surface area (Å²) in [6.45, 7) is 11.5. The molecule has 0 radical (unpaired) electrons. The van der Waals surface area contributed by atoms with Crippen LogP contribution in [-0.4, -0.2) is 17.0 Å². The molecule has 1 unspecified atom stereocenters. The number of rotatable bonds is 2. The summed E-state index contributed by atoms with van der Waals surface area (Å²) in [6.07, 6.45) is -0.285. The van der Waals surface area contributed by atoms with Gasteiger partial charge in [0.2, 0.25) is 0 Å². The molecule has 0 aliphatic carbocycles. The summed E-state index contributed by atoms with van der Waals surface area (Å²) < 4.78 is 0. The van der Waals surface area contributed by atoms with Gasteiger partial charge in [-0.1, -0.05) is 41.5 Å². The first-order valence-electron chi connectivity index (χ1n) is 4.76. The van der Waals surface area contributed by atoms with Crippen LogP contribution in [0.3, 0.4) is 0 Å². The Morgan fingerprint density at radius 3 is 1.77 bits per heavy atom. The molecule has 0 rings (SSSR count). The molecule has 0 aromatic carbocycles. The van der Waals surface area contributed by atoms with E-state index in [1.165, 1.54) is 0 Å². The van der Waals surface area contributed by atoms with Crippen molar-refractivity contribution in [3.63, 3.8) is 0 Å². The van der Waals surface area contributed by atoms with Gasteiger partial charge in [-0.15, -0.1) is 0 Å². The van der Waals surface area contributed by atoms with Crippen LogP contribution in [0, 0.1) is 10.8 Å². The van der Waals surface area contributed by atoms with Crippen molar-refractivity contribution in [3.8, 4) is 0 Å². The largest absolute Gasteiger partial charge is 0.392 e. The highest BCUT2D eigenvalue weighted by molar-refractivity contribution is 5.84. The maximum absolute atomic E-state index is 11.6. The quantitative estimate of drug-likeness (QED) is 0.719. The molecule has 0 heterocycles.